The van der Waals surface area contributed by atoms with E-state index in [1.165, 1.54) is 12.4 Å². The van der Waals surface area contributed by atoms with E-state index < -0.39 is 0 Å². The Morgan fingerprint density at radius 2 is 1.92 bits per heavy atom. The Hall–Kier alpha value is -2.96. The van der Waals surface area contributed by atoms with E-state index in [4.69, 9.17) is 4.74 Å². The smallest absolute Gasteiger partial charge is 0.276 e. The summed E-state index contributed by atoms with van der Waals surface area (Å²) in [7, 11) is 1.56. The number of anilines is 1. The second kappa shape index (κ2) is 7.95. The lowest BCUT2D eigenvalue weighted by Crippen LogP contribution is -2.40. The lowest BCUT2D eigenvalue weighted by Gasteiger charge is -2.30. The minimum atomic E-state index is -0.353. The van der Waals surface area contributed by atoms with Crippen molar-refractivity contribution in [2.75, 3.05) is 25.5 Å². The Bertz CT molecular complexity index is 792. The molecule has 1 unspecified atom stereocenters. The molecule has 1 atom stereocenters. The highest BCUT2D eigenvalue weighted by atomic mass is 16.5. The van der Waals surface area contributed by atoms with Gasteiger partial charge in [0.1, 0.15) is 5.75 Å². The molecule has 1 fully saturated rings. The van der Waals surface area contributed by atoms with Gasteiger partial charge in [0.25, 0.3) is 11.8 Å². The third-order valence-corrected chi connectivity index (χ3v) is 4.43. The summed E-state index contributed by atoms with van der Waals surface area (Å²) in [6.45, 7) is 3.52. The summed E-state index contributed by atoms with van der Waals surface area (Å²) in [5, 5.41) is 2.69. The average Bonchev–Trinajstić information content (AvgIpc) is 2.68. The fourth-order valence-corrected chi connectivity index (χ4v) is 3.03. The van der Waals surface area contributed by atoms with Crippen molar-refractivity contribution < 1.29 is 14.3 Å². The van der Waals surface area contributed by atoms with Crippen LogP contribution in [0.4, 0.5) is 5.82 Å². The molecule has 0 radical (unpaired) electrons. The first kappa shape index (κ1) is 17.8. The zero-order chi connectivity index (χ0) is 18.5. The Morgan fingerprint density at radius 3 is 2.62 bits per heavy atom. The summed E-state index contributed by atoms with van der Waals surface area (Å²) in [6.07, 6.45) is 5.01. The quantitative estimate of drug-likeness (QED) is 0.912. The molecule has 2 aromatic rings. The monoisotopic (exact) mass is 354 g/mol. The molecule has 0 saturated carbocycles. The number of aromatic nitrogens is 2. The van der Waals surface area contributed by atoms with Crippen molar-refractivity contribution >= 4 is 17.6 Å². The van der Waals surface area contributed by atoms with Crippen LogP contribution in [0, 0.1) is 5.92 Å². The topological polar surface area (TPSA) is 84.4 Å². The van der Waals surface area contributed by atoms with Gasteiger partial charge >= 0.3 is 0 Å². The zero-order valence-corrected chi connectivity index (χ0v) is 14.9. The molecule has 1 aliphatic rings. The van der Waals surface area contributed by atoms with Gasteiger partial charge in [-0.1, -0.05) is 6.92 Å². The largest absolute Gasteiger partial charge is 0.497 e. The number of nitrogens with one attached hydrogen (secondary N) is 1. The van der Waals surface area contributed by atoms with Gasteiger partial charge in [-0.05, 0) is 43.0 Å². The van der Waals surface area contributed by atoms with Crippen LogP contribution in [0.25, 0.3) is 0 Å². The maximum atomic E-state index is 12.8. The second-order valence-electron chi connectivity index (χ2n) is 6.43. The molecule has 7 heteroatoms. The molecule has 2 heterocycles. The van der Waals surface area contributed by atoms with E-state index in [0.29, 0.717) is 30.3 Å². The number of benzene rings is 1. The molecule has 7 nitrogen and oxygen atoms in total. The van der Waals surface area contributed by atoms with E-state index >= 15 is 0 Å². The maximum Gasteiger partial charge on any atom is 0.276 e. The van der Waals surface area contributed by atoms with E-state index in [1.807, 2.05) is 0 Å². The standard InChI is InChI=1S/C19H22N4O3/c1-13-4-3-11-23(12-13)19(25)16-17(21-10-9-20-16)22-18(24)14-5-7-15(26-2)8-6-14/h5-10,13H,3-4,11-12H2,1-2H3,(H,21,22,24). The third kappa shape index (κ3) is 3.99. The predicted octanol–water partition coefficient (Wildman–Crippen LogP) is 2.61. The Kier molecular flexibility index (Phi) is 5.46. The van der Waals surface area contributed by atoms with Crippen LogP contribution in [0.3, 0.4) is 0 Å². The molecule has 1 N–H and O–H groups in total. The minimum Gasteiger partial charge on any atom is -0.497 e. The highest BCUT2D eigenvalue weighted by Crippen LogP contribution is 2.20. The van der Waals surface area contributed by atoms with E-state index in [2.05, 4.69) is 22.2 Å². The number of ether oxygens (including phenoxy) is 1. The molecule has 1 aliphatic heterocycles. The number of hydrogen-bond acceptors (Lipinski definition) is 5. The maximum absolute atomic E-state index is 12.8. The van der Waals surface area contributed by atoms with Crippen LogP contribution >= 0.6 is 0 Å². The van der Waals surface area contributed by atoms with Gasteiger partial charge in [-0.25, -0.2) is 9.97 Å². The van der Waals surface area contributed by atoms with Gasteiger partial charge in [0.15, 0.2) is 11.5 Å². The van der Waals surface area contributed by atoms with E-state index in [0.717, 1.165) is 12.8 Å². The highest BCUT2D eigenvalue weighted by molar-refractivity contribution is 6.07. The highest BCUT2D eigenvalue weighted by Gasteiger charge is 2.26. The van der Waals surface area contributed by atoms with Crippen molar-refractivity contribution in [2.45, 2.75) is 19.8 Å². The second-order valence-corrected chi connectivity index (χ2v) is 6.43. The fourth-order valence-electron chi connectivity index (χ4n) is 3.03. The van der Waals surface area contributed by atoms with Crippen molar-refractivity contribution in [3.8, 4) is 5.75 Å². The number of methoxy groups -OCH3 is 1. The molecule has 0 aliphatic carbocycles. The summed E-state index contributed by atoms with van der Waals surface area (Å²) < 4.78 is 5.09. The minimum absolute atomic E-state index is 0.170. The summed E-state index contributed by atoms with van der Waals surface area (Å²) in [5.74, 6) is 0.748. The summed E-state index contributed by atoms with van der Waals surface area (Å²) in [4.78, 5) is 35.4. The number of carbonyl (C=O) groups excluding carboxylic acids is 2. The van der Waals surface area contributed by atoms with Crippen molar-refractivity contribution in [1.29, 1.82) is 0 Å². The van der Waals surface area contributed by atoms with Crippen LogP contribution in [-0.2, 0) is 0 Å². The first-order valence-electron chi connectivity index (χ1n) is 8.64. The molecule has 26 heavy (non-hydrogen) atoms. The van der Waals surface area contributed by atoms with Gasteiger partial charge in [-0.2, -0.15) is 0 Å². The molecule has 1 aromatic carbocycles. The number of likely N-dealkylation sites (tertiary alicyclic amines) is 1. The average molecular weight is 354 g/mol. The van der Waals surface area contributed by atoms with Gasteiger partial charge in [-0.3, -0.25) is 9.59 Å². The van der Waals surface area contributed by atoms with Gasteiger partial charge in [0.2, 0.25) is 0 Å². The third-order valence-electron chi connectivity index (χ3n) is 4.43. The number of rotatable bonds is 4. The molecule has 3 rings (SSSR count). The van der Waals surface area contributed by atoms with E-state index in [1.54, 1.807) is 36.3 Å². The van der Waals surface area contributed by atoms with Crippen LogP contribution in [0.1, 0.15) is 40.6 Å². The number of nitrogens with zero attached hydrogens (tertiary/aromatic N) is 3. The van der Waals surface area contributed by atoms with Gasteiger partial charge in [0, 0.05) is 31.0 Å². The molecule has 0 bridgehead atoms. The van der Waals surface area contributed by atoms with Crippen molar-refractivity contribution in [3.63, 3.8) is 0 Å². The van der Waals surface area contributed by atoms with Crippen molar-refractivity contribution in [2.24, 2.45) is 5.92 Å². The molecule has 136 valence electrons. The summed E-state index contributed by atoms with van der Waals surface area (Å²) in [5.41, 5.74) is 0.616. The normalized spacial score (nSPS) is 16.8. The number of amides is 2. The molecule has 0 spiro atoms. The number of hydrogen-bond donors (Lipinski definition) is 1. The Morgan fingerprint density at radius 1 is 1.19 bits per heavy atom. The van der Waals surface area contributed by atoms with Crippen molar-refractivity contribution in [3.05, 3.63) is 47.9 Å². The zero-order valence-electron chi connectivity index (χ0n) is 14.9. The van der Waals surface area contributed by atoms with Crippen LogP contribution in [0.5, 0.6) is 5.75 Å². The fraction of sp³-hybridized carbons (Fsp3) is 0.368. The first-order chi connectivity index (χ1) is 12.6. The Balaban J connectivity index is 1.78. The Labute approximate surface area is 152 Å². The van der Waals surface area contributed by atoms with Gasteiger partial charge in [0.05, 0.1) is 7.11 Å². The van der Waals surface area contributed by atoms with Gasteiger partial charge in [-0.15, -0.1) is 0 Å². The molecular formula is C19H22N4O3. The first-order valence-corrected chi connectivity index (χ1v) is 8.64. The predicted molar refractivity (Wildman–Crippen MR) is 97.3 cm³/mol. The molecule has 1 saturated heterocycles. The van der Waals surface area contributed by atoms with Crippen LogP contribution in [0.15, 0.2) is 36.7 Å². The van der Waals surface area contributed by atoms with E-state index in [9.17, 15) is 9.59 Å². The number of carbonyl (C=O) groups is 2. The molecule has 2 amide bonds. The van der Waals surface area contributed by atoms with Crippen LogP contribution in [-0.4, -0.2) is 46.9 Å². The molecule has 1 aromatic heterocycles. The lowest BCUT2D eigenvalue weighted by molar-refractivity contribution is 0.0678. The molecular weight excluding hydrogens is 332 g/mol. The summed E-state index contributed by atoms with van der Waals surface area (Å²) in [6, 6.07) is 6.70. The van der Waals surface area contributed by atoms with Crippen molar-refractivity contribution in [1.82, 2.24) is 14.9 Å². The SMILES string of the molecule is COc1ccc(C(=O)Nc2nccnc2C(=O)N2CCCC(C)C2)cc1. The number of piperidine rings is 1. The lowest BCUT2D eigenvalue weighted by atomic mass is 10.00. The van der Waals surface area contributed by atoms with Gasteiger partial charge < -0.3 is 15.0 Å². The van der Waals surface area contributed by atoms with Crippen LogP contribution < -0.4 is 10.1 Å². The van der Waals surface area contributed by atoms with Crippen LogP contribution in [0.2, 0.25) is 0 Å². The van der Waals surface area contributed by atoms with E-state index in [-0.39, 0.29) is 23.3 Å². The summed E-state index contributed by atoms with van der Waals surface area (Å²) >= 11 is 0.